The molecule has 0 aliphatic rings. The average molecular weight is 293 g/mol. The number of nitrogens with zero attached hydrogens (tertiary/aromatic N) is 1. The first kappa shape index (κ1) is 14.5. The maximum atomic E-state index is 13.2. The normalized spacial score (nSPS) is 10.5. The molecule has 2 aromatic carbocycles. The number of hydrogen-bond acceptors (Lipinski definition) is 4. The standard InChI is InChI=1S/C14H12FNO3S/c15-12-3-6-14(16(18)19)11(7-12)9-20-13-4-1-10(8-17)2-5-13/h1-7,17H,8-9H2. The molecule has 1 N–H and O–H groups in total. The molecule has 0 atom stereocenters. The van der Waals surface area contributed by atoms with Gasteiger partial charge in [0.05, 0.1) is 11.5 Å². The van der Waals surface area contributed by atoms with Crippen molar-refractivity contribution < 1.29 is 14.4 Å². The van der Waals surface area contributed by atoms with Crippen LogP contribution in [0.2, 0.25) is 0 Å². The van der Waals surface area contributed by atoms with Crippen molar-refractivity contribution in [2.24, 2.45) is 0 Å². The van der Waals surface area contributed by atoms with Gasteiger partial charge in [-0.05, 0) is 29.8 Å². The molecule has 0 heterocycles. The van der Waals surface area contributed by atoms with Crippen molar-refractivity contribution in [3.8, 4) is 0 Å². The van der Waals surface area contributed by atoms with Gasteiger partial charge in [0, 0.05) is 22.3 Å². The second-order valence-corrected chi connectivity index (χ2v) is 5.17. The van der Waals surface area contributed by atoms with Gasteiger partial charge in [0.15, 0.2) is 0 Å². The average Bonchev–Trinajstić information content (AvgIpc) is 2.45. The van der Waals surface area contributed by atoms with Crippen LogP contribution < -0.4 is 0 Å². The van der Waals surface area contributed by atoms with Crippen LogP contribution in [0, 0.1) is 15.9 Å². The molecule has 0 amide bonds. The monoisotopic (exact) mass is 293 g/mol. The molecule has 0 saturated heterocycles. The molecule has 6 heteroatoms. The Morgan fingerprint density at radius 3 is 2.50 bits per heavy atom. The Morgan fingerprint density at radius 1 is 1.20 bits per heavy atom. The summed E-state index contributed by atoms with van der Waals surface area (Å²) >= 11 is 1.38. The molecule has 4 nitrogen and oxygen atoms in total. The number of halogens is 1. The highest BCUT2D eigenvalue weighted by atomic mass is 32.2. The van der Waals surface area contributed by atoms with Gasteiger partial charge in [-0.2, -0.15) is 0 Å². The minimum absolute atomic E-state index is 0.0275. The van der Waals surface area contributed by atoms with Crippen LogP contribution in [-0.4, -0.2) is 10.0 Å². The minimum Gasteiger partial charge on any atom is -0.392 e. The van der Waals surface area contributed by atoms with Crippen LogP contribution >= 0.6 is 11.8 Å². The van der Waals surface area contributed by atoms with Crippen molar-refractivity contribution in [3.63, 3.8) is 0 Å². The van der Waals surface area contributed by atoms with Gasteiger partial charge in [0.25, 0.3) is 5.69 Å². The van der Waals surface area contributed by atoms with Crippen LogP contribution in [0.5, 0.6) is 0 Å². The van der Waals surface area contributed by atoms with Crippen LogP contribution in [0.3, 0.4) is 0 Å². The predicted octanol–water partition coefficient (Wildman–Crippen LogP) is 3.52. The first-order valence-electron chi connectivity index (χ1n) is 5.85. The number of benzene rings is 2. The molecule has 0 aromatic heterocycles. The first-order chi connectivity index (χ1) is 9.60. The number of nitro benzene ring substituents is 1. The molecule has 0 radical (unpaired) electrons. The van der Waals surface area contributed by atoms with Gasteiger partial charge >= 0.3 is 0 Å². The van der Waals surface area contributed by atoms with Gasteiger partial charge in [-0.1, -0.05) is 12.1 Å². The van der Waals surface area contributed by atoms with Crippen molar-refractivity contribution in [1.82, 2.24) is 0 Å². The minimum atomic E-state index is -0.510. The molecule has 2 rings (SSSR count). The summed E-state index contributed by atoms with van der Waals surface area (Å²) in [5, 5.41) is 19.8. The largest absolute Gasteiger partial charge is 0.392 e. The van der Waals surface area contributed by atoms with Gasteiger partial charge in [-0.25, -0.2) is 4.39 Å². The third-order valence-electron chi connectivity index (χ3n) is 2.74. The maximum Gasteiger partial charge on any atom is 0.273 e. The second-order valence-electron chi connectivity index (χ2n) is 4.12. The van der Waals surface area contributed by atoms with E-state index in [4.69, 9.17) is 5.11 Å². The Balaban J connectivity index is 2.13. The van der Waals surface area contributed by atoms with Crippen molar-refractivity contribution in [3.05, 3.63) is 69.5 Å². The zero-order chi connectivity index (χ0) is 14.5. The Bertz CT molecular complexity index is 616. The van der Waals surface area contributed by atoms with E-state index in [1.54, 1.807) is 12.1 Å². The molecule has 0 fully saturated rings. The van der Waals surface area contributed by atoms with Gasteiger partial charge in [-0.3, -0.25) is 10.1 Å². The third kappa shape index (κ3) is 3.55. The van der Waals surface area contributed by atoms with E-state index in [2.05, 4.69) is 0 Å². The Kier molecular flexibility index (Phi) is 4.70. The lowest BCUT2D eigenvalue weighted by Crippen LogP contribution is -1.95. The molecule has 0 saturated carbocycles. The summed E-state index contributed by atoms with van der Waals surface area (Å²) in [4.78, 5) is 11.3. The van der Waals surface area contributed by atoms with Crippen molar-refractivity contribution in [2.75, 3.05) is 0 Å². The van der Waals surface area contributed by atoms with Crippen LogP contribution in [-0.2, 0) is 12.4 Å². The predicted molar refractivity (Wildman–Crippen MR) is 75.0 cm³/mol. The summed E-state index contributed by atoms with van der Waals surface area (Å²) in [5.41, 5.74) is 1.07. The van der Waals surface area contributed by atoms with Crippen molar-refractivity contribution >= 4 is 17.4 Å². The molecular formula is C14H12FNO3S. The Labute approximate surface area is 119 Å². The van der Waals surface area contributed by atoms with E-state index in [-0.39, 0.29) is 12.3 Å². The highest BCUT2D eigenvalue weighted by Gasteiger charge is 2.14. The van der Waals surface area contributed by atoms with Crippen LogP contribution in [0.25, 0.3) is 0 Å². The molecule has 0 aliphatic carbocycles. The summed E-state index contributed by atoms with van der Waals surface area (Å²) < 4.78 is 13.2. The quantitative estimate of drug-likeness (QED) is 0.520. The summed E-state index contributed by atoms with van der Waals surface area (Å²) in [6, 6.07) is 10.7. The summed E-state index contributed by atoms with van der Waals surface area (Å²) in [7, 11) is 0. The SMILES string of the molecule is O=[N+]([O-])c1ccc(F)cc1CSc1ccc(CO)cc1. The number of rotatable bonds is 5. The summed E-state index contributed by atoms with van der Waals surface area (Å²) in [6.45, 7) is -0.0275. The Morgan fingerprint density at radius 2 is 1.90 bits per heavy atom. The fourth-order valence-corrected chi connectivity index (χ4v) is 2.58. The summed E-state index contributed by atoms with van der Waals surface area (Å²) in [5.74, 6) is -0.172. The number of nitro groups is 1. The number of thioether (sulfide) groups is 1. The van der Waals surface area contributed by atoms with E-state index < -0.39 is 10.7 Å². The van der Waals surface area contributed by atoms with Gasteiger partial charge in [0.1, 0.15) is 5.82 Å². The molecular weight excluding hydrogens is 281 g/mol. The van der Waals surface area contributed by atoms with E-state index in [1.165, 1.54) is 23.9 Å². The summed E-state index contributed by atoms with van der Waals surface area (Å²) in [6.07, 6.45) is 0. The second kappa shape index (κ2) is 6.49. The highest BCUT2D eigenvalue weighted by Crippen LogP contribution is 2.28. The van der Waals surface area contributed by atoms with E-state index in [0.717, 1.165) is 16.5 Å². The van der Waals surface area contributed by atoms with Crippen LogP contribution in [0.4, 0.5) is 10.1 Å². The number of aliphatic hydroxyl groups is 1. The topological polar surface area (TPSA) is 63.4 Å². The van der Waals surface area contributed by atoms with E-state index in [9.17, 15) is 14.5 Å². The third-order valence-corrected chi connectivity index (χ3v) is 3.80. The van der Waals surface area contributed by atoms with Crippen molar-refractivity contribution in [1.29, 1.82) is 0 Å². The Hall–Kier alpha value is -1.92. The molecule has 0 spiro atoms. The lowest BCUT2D eigenvalue weighted by molar-refractivity contribution is -0.385. The fourth-order valence-electron chi connectivity index (χ4n) is 1.70. The number of aliphatic hydroxyl groups excluding tert-OH is 1. The lowest BCUT2D eigenvalue weighted by atomic mass is 10.2. The first-order valence-corrected chi connectivity index (χ1v) is 6.84. The molecule has 2 aromatic rings. The van der Waals surface area contributed by atoms with Gasteiger partial charge in [0.2, 0.25) is 0 Å². The molecule has 0 unspecified atom stereocenters. The zero-order valence-corrected chi connectivity index (χ0v) is 11.3. The van der Waals surface area contributed by atoms with Crippen LogP contribution in [0.1, 0.15) is 11.1 Å². The van der Waals surface area contributed by atoms with Gasteiger partial charge in [-0.15, -0.1) is 11.8 Å². The molecule has 0 aliphatic heterocycles. The maximum absolute atomic E-state index is 13.2. The molecule has 104 valence electrons. The smallest absolute Gasteiger partial charge is 0.273 e. The zero-order valence-electron chi connectivity index (χ0n) is 10.5. The van der Waals surface area contributed by atoms with Gasteiger partial charge < -0.3 is 5.11 Å². The highest BCUT2D eigenvalue weighted by molar-refractivity contribution is 7.98. The molecule has 20 heavy (non-hydrogen) atoms. The molecule has 0 bridgehead atoms. The number of hydrogen-bond donors (Lipinski definition) is 1. The fraction of sp³-hybridized carbons (Fsp3) is 0.143. The lowest BCUT2D eigenvalue weighted by Gasteiger charge is -2.04. The van der Waals surface area contributed by atoms with Crippen LogP contribution in [0.15, 0.2) is 47.4 Å². The van der Waals surface area contributed by atoms with E-state index in [1.807, 2.05) is 12.1 Å². The van der Waals surface area contributed by atoms with E-state index in [0.29, 0.717) is 11.3 Å². The van der Waals surface area contributed by atoms with Crippen molar-refractivity contribution in [2.45, 2.75) is 17.3 Å². The van der Waals surface area contributed by atoms with E-state index >= 15 is 0 Å².